The first-order chi connectivity index (χ1) is 13.7. The molecule has 3 amide bonds. The number of ether oxygens (including phenoxy) is 2. The Hall–Kier alpha value is -2.74. The largest absolute Gasteiger partial charge is 0.454 e. The minimum Gasteiger partial charge on any atom is -0.454 e. The quantitative estimate of drug-likeness (QED) is 0.807. The second kappa shape index (κ2) is 8.52. The Bertz CT molecular complexity index is 840. The summed E-state index contributed by atoms with van der Waals surface area (Å²) in [5.74, 6) is 1.23. The van der Waals surface area contributed by atoms with Crippen molar-refractivity contribution in [2.75, 3.05) is 19.9 Å². The van der Waals surface area contributed by atoms with Crippen molar-refractivity contribution in [1.82, 2.24) is 15.5 Å². The van der Waals surface area contributed by atoms with E-state index in [1.165, 1.54) is 0 Å². The molecule has 1 unspecified atom stereocenters. The minimum absolute atomic E-state index is 0.0200. The number of urea groups is 1. The Kier molecular flexibility index (Phi) is 5.66. The number of nitrogens with zero attached hydrogens (tertiary/aromatic N) is 1. The van der Waals surface area contributed by atoms with Gasteiger partial charge in [-0.05, 0) is 42.0 Å². The molecule has 0 saturated carbocycles. The number of fused-ring (bicyclic) bond motifs is 1. The lowest BCUT2D eigenvalue weighted by atomic mass is 9.97. The molecule has 0 radical (unpaired) electrons. The van der Waals surface area contributed by atoms with E-state index in [9.17, 15) is 9.59 Å². The van der Waals surface area contributed by atoms with Crippen LogP contribution in [0.15, 0.2) is 35.7 Å². The molecule has 148 valence electrons. The van der Waals surface area contributed by atoms with Crippen LogP contribution < -0.4 is 20.1 Å². The Morgan fingerprint density at radius 1 is 1.14 bits per heavy atom. The molecule has 8 heteroatoms. The van der Waals surface area contributed by atoms with Crippen molar-refractivity contribution >= 4 is 23.3 Å². The molecule has 0 spiro atoms. The molecule has 0 bridgehead atoms. The highest BCUT2D eigenvalue weighted by Crippen LogP contribution is 2.32. The first-order valence-electron chi connectivity index (χ1n) is 9.40. The number of carbonyl (C=O) groups excluding carboxylic acids is 2. The summed E-state index contributed by atoms with van der Waals surface area (Å²) < 4.78 is 10.7. The summed E-state index contributed by atoms with van der Waals surface area (Å²) in [4.78, 5) is 27.9. The third kappa shape index (κ3) is 4.39. The minimum atomic E-state index is -0.185. The number of amides is 3. The molecule has 1 saturated heterocycles. The van der Waals surface area contributed by atoms with Gasteiger partial charge in [-0.25, -0.2) is 4.79 Å². The number of hydrogen-bond donors (Lipinski definition) is 2. The summed E-state index contributed by atoms with van der Waals surface area (Å²) in [5, 5.41) is 7.91. The molecule has 2 aliphatic heterocycles. The Morgan fingerprint density at radius 2 is 2.04 bits per heavy atom. The summed E-state index contributed by atoms with van der Waals surface area (Å²) >= 11 is 1.61. The molecule has 0 aliphatic carbocycles. The summed E-state index contributed by atoms with van der Waals surface area (Å²) in [7, 11) is 0. The van der Waals surface area contributed by atoms with Gasteiger partial charge in [-0.15, -0.1) is 11.3 Å². The van der Waals surface area contributed by atoms with Crippen LogP contribution in [0.2, 0.25) is 0 Å². The Balaban J connectivity index is 1.26. The molecule has 3 heterocycles. The van der Waals surface area contributed by atoms with Crippen LogP contribution in [-0.2, 0) is 17.9 Å². The summed E-state index contributed by atoms with van der Waals surface area (Å²) in [6.07, 6.45) is 1.62. The molecule has 1 atom stereocenters. The van der Waals surface area contributed by atoms with E-state index in [0.29, 0.717) is 31.9 Å². The lowest BCUT2D eigenvalue weighted by molar-refractivity contribution is -0.126. The van der Waals surface area contributed by atoms with Crippen LogP contribution in [0.1, 0.15) is 23.3 Å². The van der Waals surface area contributed by atoms with E-state index in [0.717, 1.165) is 29.0 Å². The van der Waals surface area contributed by atoms with Gasteiger partial charge in [0.1, 0.15) is 0 Å². The maximum absolute atomic E-state index is 12.6. The van der Waals surface area contributed by atoms with Gasteiger partial charge in [0.15, 0.2) is 11.5 Å². The molecule has 1 aromatic carbocycles. The highest BCUT2D eigenvalue weighted by atomic mass is 32.1. The van der Waals surface area contributed by atoms with Crippen LogP contribution in [0.3, 0.4) is 0 Å². The van der Waals surface area contributed by atoms with Crippen LogP contribution >= 0.6 is 11.3 Å². The topological polar surface area (TPSA) is 79.9 Å². The normalized spacial score (nSPS) is 18.0. The second-order valence-corrected chi connectivity index (χ2v) is 7.96. The van der Waals surface area contributed by atoms with E-state index in [4.69, 9.17) is 9.47 Å². The molecule has 2 N–H and O–H groups in total. The molecule has 1 aromatic heterocycles. The van der Waals surface area contributed by atoms with E-state index in [2.05, 4.69) is 10.6 Å². The van der Waals surface area contributed by atoms with Crippen LogP contribution in [0.25, 0.3) is 0 Å². The van der Waals surface area contributed by atoms with Crippen LogP contribution in [-0.4, -0.2) is 36.7 Å². The van der Waals surface area contributed by atoms with Gasteiger partial charge in [-0.2, -0.15) is 0 Å². The molecule has 2 aromatic rings. The van der Waals surface area contributed by atoms with Crippen molar-refractivity contribution in [2.45, 2.75) is 25.9 Å². The molecule has 4 rings (SSSR count). The number of carbonyl (C=O) groups is 2. The smallest absolute Gasteiger partial charge is 0.317 e. The van der Waals surface area contributed by atoms with Gasteiger partial charge in [0.05, 0.1) is 12.5 Å². The van der Waals surface area contributed by atoms with E-state index in [-0.39, 0.29) is 24.6 Å². The number of likely N-dealkylation sites (tertiary alicyclic amines) is 1. The maximum Gasteiger partial charge on any atom is 0.317 e. The standard InChI is InChI=1S/C20H23N3O4S/c24-19(21-10-14-5-6-17-18(9-14)27-13-26-17)15-3-1-7-23(12-15)20(25)22-11-16-4-2-8-28-16/h2,4-6,8-9,15H,1,3,7,10-13H2,(H,21,24)(H,22,25). The highest BCUT2D eigenvalue weighted by molar-refractivity contribution is 7.09. The van der Waals surface area contributed by atoms with Gasteiger partial charge in [0, 0.05) is 24.5 Å². The average Bonchev–Trinajstić information content (AvgIpc) is 3.41. The lowest BCUT2D eigenvalue weighted by Crippen LogP contribution is -2.48. The molecule has 28 heavy (non-hydrogen) atoms. The molecule has 1 fully saturated rings. The maximum atomic E-state index is 12.6. The fourth-order valence-corrected chi connectivity index (χ4v) is 4.09. The number of benzene rings is 1. The van der Waals surface area contributed by atoms with E-state index in [1.807, 2.05) is 35.7 Å². The zero-order valence-corrected chi connectivity index (χ0v) is 16.3. The van der Waals surface area contributed by atoms with Gasteiger partial charge in [-0.1, -0.05) is 12.1 Å². The SMILES string of the molecule is O=C(NCc1ccc2c(c1)OCO2)C1CCCN(C(=O)NCc2cccs2)C1. The van der Waals surface area contributed by atoms with Crippen LogP contribution in [0.5, 0.6) is 11.5 Å². The van der Waals surface area contributed by atoms with E-state index >= 15 is 0 Å². The lowest BCUT2D eigenvalue weighted by Gasteiger charge is -2.32. The van der Waals surface area contributed by atoms with Crippen molar-refractivity contribution in [2.24, 2.45) is 5.92 Å². The van der Waals surface area contributed by atoms with E-state index < -0.39 is 0 Å². The van der Waals surface area contributed by atoms with Crippen molar-refractivity contribution < 1.29 is 19.1 Å². The fraction of sp³-hybridized carbons (Fsp3) is 0.400. The zero-order valence-electron chi connectivity index (χ0n) is 15.5. The third-order valence-corrected chi connectivity index (χ3v) is 5.85. The van der Waals surface area contributed by atoms with Gasteiger partial charge in [0.25, 0.3) is 0 Å². The van der Waals surface area contributed by atoms with Crippen molar-refractivity contribution in [1.29, 1.82) is 0 Å². The van der Waals surface area contributed by atoms with Crippen molar-refractivity contribution in [3.63, 3.8) is 0 Å². The predicted molar refractivity (Wildman–Crippen MR) is 105 cm³/mol. The molecule has 2 aliphatic rings. The predicted octanol–water partition coefficient (Wildman–Crippen LogP) is 2.71. The van der Waals surface area contributed by atoms with Crippen LogP contribution in [0.4, 0.5) is 4.79 Å². The molecular formula is C20H23N3O4S. The third-order valence-electron chi connectivity index (χ3n) is 4.98. The fourth-order valence-electron chi connectivity index (χ4n) is 3.45. The average molecular weight is 401 g/mol. The summed E-state index contributed by atoms with van der Waals surface area (Å²) in [6.45, 7) is 2.31. The van der Waals surface area contributed by atoms with Crippen LogP contribution in [0, 0.1) is 5.92 Å². The van der Waals surface area contributed by atoms with Gasteiger partial charge in [-0.3, -0.25) is 4.79 Å². The van der Waals surface area contributed by atoms with Gasteiger partial charge in [0.2, 0.25) is 12.7 Å². The first kappa shape index (κ1) is 18.6. The van der Waals surface area contributed by atoms with Crippen molar-refractivity contribution in [3.05, 3.63) is 46.2 Å². The number of hydrogen-bond acceptors (Lipinski definition) is 5. The summed E-state index contributed by atoms with van der Waals surface area (Å²) in [5.41, 5.74) is 0.957. The molecular weight excluding hydrogens is 378 g/mol. The first-order valence-corrected chi connectivity index (χ1v) is 10.3. The number of nitrogens with one attached hydrogen (secondary N) is 2. The van der Waals surface area contributed by atoms with Gasteiger partial charge < -0.3 is 25.0 Å². The number of rotatable bonds is 5. The molecule has 7 nitrogen and oxygen atoms in total. The second-order valence-electron chi connectivity index (χ2n) is 6.93. The summed E-state index contributed by atoms with van der Waals surface area (Å²) in [6, 6.07) is 9.50. The number of piperidine rings is 1. The van der Waals surface area contributed by atoms with Crippen molar-refractivity contribution in [3.8, 4) is 11.5 Å². The monoisotopic (exact) mass is 401 g/mol. The Labute approximate surface area is 167 Å². The number of thiophene rings is 1. The van der Waals surface area contributed by atoms with Gasteiger partial charge >= 0.3 is 6.03 Å². The van der Waals surface area contributed by atoms with E-state index in [1.54, 1.807) is 16.2 Å². The highest BCUT2D eigenvalue weighted by Gasteiger charge is 2.28. The Morgan fingerprint density at radius 3 is 2.89 bits per heavy atom. The zero-order chi connectivity index (χ0) is 19.3.